The van der Waals surface area contributed by atoms with Crippen molar-refractivity contribution in [3.05, 3.63) is 71.8 Å². The van der Waals surface area contributed by atoms with Gasteiger partial charge in [-0.1, -0.05) is 60.7 Å². The van der Waals surface area contributed by atoms with Crippen molar-refractivity contribution in [1.82, 2.24) is 0 Å². The molecule has 2 aromatic rings. The highest BCUT2D eigenvalue weighted by Gasteiger charge is 2.27. The van der Waals surface area contributed by atoms with Crippen molar-refractivity contribution in [3.8, 4) is 0 Å². The topological polar surface area (TPSA) is 63.6 Å². The first-order chi connectivity index (χ1) is 11.6. The average Bonchev–Trinajstić information content (AvgIpc) is 2.60. The zero-order chi connectivity index (χ0) is 17.3. The lowest BCUT2D eigenvalue weighted by atomic mass is 10.0. The maximum absolute atomic E-state index is 12.6. The second kappa shape index (κ2) is 9.57. The van der Waals surface area contributed by atoms with Gasteiger partial charge in [0.1, 0.15) is 0 Å². The third-order valence-corrected chi connectivity index (χ3v) is 5.47. The fourth-order valence-electron chi connectivity index (χ4n) is 2.52. The van der Waals surface area contributed by atoms with Crippen LogP contribution in [-0.4, -0.2) is 32.0 Å². The van der Waals surface area contributed by atoms with Gasteiger partial charge in [0.25, 0.3) is 10.1 Å². The highest BCUT2D eigenvalue weighted by atomic mass is 32.2. The van der Waals surface area contributed by atoms with Gasteiger partial charge < -0.3 is 5.11 Å². The van der Waals surface area contributed by atoms with Crippen LogP contribution in [0.5, 0.6) is 0 Å². The highest BCUT2D eigenvalue weighted by molar-refractivity contribution is 7.87. The summed E-state index contributed by atoms with van der Waals surface area (Å²) >= 11 is 0. The van der Waals surface area contributed by atoms with E-state index in [1.165, 1.54) is 0 Å². The molecule has 0 saturated carbocycles. The van der Waals surface area contributed by atoms with Gasteiger partial charge in [-0.3, -0.25) is 4.18 Å². The molecular formula is C19H24O4S. The lowest BCUT2D eigenvalue weighted by molar-refractivity contribution is 0.253. The molecule has 0 aliphatic carbocycles. The van der Waals surface area contributed by atoms with Crippen LogP contribution in [0.1, 0.15) is 24.0 Å². The summed E-state index contributed by atoms with van der Waals surface area (Å²) in [7, 11) is -3.68. The van der Waals surface area contributed by atoms with Gasteiger partial charge >= 0.3 is 0 Å². The molecule has 0 heterocycles. The Labute approximate surface area is 144 Å². The first kappa shape index (κ1) is 18.6. The molecule has 0 amide bonds. The Hall–Kier alpha value is -1.69. The second-order valence-corrected chi connectivity index (χ2v) is 7.63. The molecule has 0 aliphatic heterocycles. The minimum absolute atomic E-state index is 0.0425. The third-order valence-electron chi connectivity index (χ3n) is 3.82. The predicted octanol–water partition coefficient (Wildman–Crippen LogP) is 2.96. The standard InChI is InChI=1S/C19H24O4S/c20-13-7-8-14-23-24(21,22)19(15-17-9-3-1-4-10-17)16-18-11-5-2-6-12-18/h1-6,9-12,19-20H,7-8,13-16H2. The van der Waals surface area contributed by atoms with Crippen molar-refractivity contribution in [1.29, 1.82) is 0 Å². The third kappa shape index (κ3) is 6.07. The van der Waals surface area contributed by atoms with Crippen molar-refractivity contribution in [2.45, 2.75) is 30.9 Å². The summed E-state index contributed by atoms with van der Waals surface area (Å²) in [5, 5.41) is 8.16. The minimum Gasteiger partial charge on any atom is -0.396 e. The van der Waals surface area contributed by atoms with E-state index in [-0.39, 0.29) is 13.2 Å². The second-order valence-electron chi connectivity index (χ2n) is 5.75. The van der Waals surface area contributed by atoms with E-state index >= 15 is 0 Å². The molecule has 0 atom stereocenters. The van der Waals surface area contributed by atoms with E-state index in [0.29, 0.717) is 25.7 Å². The van der Waals surface area contributed by atoms with Gasteiger partial charge in [0, 0.05) is 6.61 Å². The van der Waals surface area contributed by atoms with Gasteiger partial charge in [-0.2, -0.15) is 8.42 Å². The number of hydrogen-bond acceptors (Lipinski definition) is 4. The summed E-state index contributed by atoms with van der Waals surface area (Å²) in [6.07, 6.45) is 1.90. The lowest BCUT2D eigenvalue weighted by Crippen LogP contribution is -2.28. The van der Waals surface area contributed by atoms with Crippen LogP contribution in [0.4, 0.5) is 0 Å². The first-order valence-electron chi connectivity index (χ1n) is 8.19. The van der Waals surface area contributed by atoms with Crippen molar-refractivity contribution < 1.29 is 17.7 Å². The van der Waals surface area contributed by atoms with Crippen LogP contribution >= 0.6 is 0 Å². The van der Waals surface area contributed by atoms with Gasteiger partial charge in [-0.25, -0.2) is 0 Å². The quantitative estimate of drug-likeness (QED) is 0.530. The fourth-order valence-corrected chi connectivity index (χ4v) is 3.85. The van der Waals surface area contributed by atoms with Crippen molar-refractivity contribution >= 4 is 10.1 Å². The lowest BCUT2D eigenvalue weighted by Gasteiger charge is -2.18. The zero-order valence-corrected chi connectivity index (χ0v) is 14.5. The van der Waals surface area contributed by atoms with Crippen LogP contribution in [0.25, 0.3) is 0 Å². The molecule has 0 spiro atoms. The van der Waals surface area contributed by atoms with E-state index in [0.717, 1.165) is 11.1 Å². The van der Waals surface area contributed by atoms with Crippen molar-refractivity contribution in [2.24, 2.45) is 0 Å². The average molecular weight is 348 g/mol. The van der Waals surface area contributed by atoms with Gasteiger partial charge in [-0.15, -0.1) is 0 Å². The fraction of sp³-hybridized carbons (Fsp3) is 0.368. The first-order valence-corrected chi connectivity index (χ1v) is 9.66. The molecule has 24 heavy (non-hydrogen) atoms. The molecule has 0 aromatic heterocycles. The molecule has 5 heteroatoms. The SMILES string of the molecule is O=S(=O)(OCCCCO)C(Cc1ccccc1)Cc1ccccc1. The van der Waals surface area contributed by atoms with Crippen LogP contribution in [0.2, 0.25) is 0 Å². The van der Waals surface area contributed by atoms with E-state index in [1.54, 1.807) is 0 Å². The van der Waals surface area contributed by atoms with Crippen molar-refractivity contribution in [3.63, 3.8) is 0 Å². The Morgan fingerprint density at radius 3 is 1.79 bits per heavy atom. The van der Waals surface area contributed by atoms with Crippen molar-refractivity contribution in [2.75, 3.05) is 13.2 Å². The number of rotatable bonds is 10. The van der Waals surface area contributed by atoms with Crippen LogP contribution in [0, 0.1) is 0 Å². The molecule has 0 aliphatic rings. The van der Waals surface area contributed by atoms with E-state index in [2.05, 4.69) is 0 Å². The Morgan fingerprint density at radius 2 is 1.33 bits per heavy atom. The van der Waals surface area contributed by atoms with Crippen LogP contribution in [0.3, 0.4) is 0 Å². The highest BCUT2D eigenvalue weighted by Crippen LogP contribution is 2.18. The summed E-state index contributed by atoms with van der Waals surface area (Å²) in [6.45, 7) is 0.157. The molecule has 2 rings (SSSR count). The van der Waals surface area contributed by atoms with E-state index in [4.69, 9.17) is 9.29 Å². The zero-order valence-electron chi connectivity index (χ0n) is 13.7. The Kier molecular flexibility index (Phi) is 7.43. The van der Waals surface area contributed by atoms with Crippen LogP contribution in [0.15, 0.2) is 60.7 Å². The minimum atomic E-state index is -3.68. The number of benzene rings is 2. The maximum atomic E-state index is 12.6. The summed E-state index contributed by atoms with van der Waals surface area (Å²) < 4.78 is 30.4. The molecule has 0 fully saturated rings. The summed E-state index contributed by atoms with van der Waals surface area (Å²) in [6, 6.07) is 19.2. The van der Waals surface area contributed by atoms with E-state index in [9.17, 15) is 8.42 Å². The molecule has 0 unspecified atom stereocenters. The van der Waals surface area contributed by atoms with Crippen LogP contribution in [-0.2, 0) is 27.1 Å². The van der Waals surface area contributed by atoms with E-state index < -0.39 is 15.4 Å². The predicted molar refractivity (Wildman–Crippen MR) is 95.3 cm³/mol. The number of aliphatic hydroxyl groups is 1. The Balaban J connectivity index is 2.12. The van der Waals surface area contributed by atoms with E-state index in [1.807, 2.05) is 60.7 Å². The molecule has 130 valence electrons. The molecule has 4 nitrogen and oxygen atoms in total. The van der Waals surface area contributed by atoms with Gasteiger partial charge in [0.2, 0.25) is 0 Å². The van der Waals surface area contributed by atoms with Gasteiger partial charge in [0.15, 0.2) is 0 Å². The number of aliphatic hydroxyl groups excluding tert-OH is 1. The molecule has 2 aromatic carbocycles. The Bertz CT molecular complexity index is 642. The molecule has 0 saturated heterocycles. The Morgan fingerprint density at radius 1 is 0.833 bits per heavy atom. The maximum Gasteiger partial charge on any atom is 0.270 e. The number of unbranched alkanes of at least 4 members (excludes halogenated alkanes) is 1. The van der Waals surface area contributed by atoms with Gasteiger partial charge in [-0.05, 0) is 36.8 Å². The summed E-state index contributed by atoms with van der Waals surface area (Å²) in [5.74, 6) is 0. The monoisotopic (exact) mass is 348 g/mol. The molecular weight excluding hydrogens is 324 g/mol. The smallest absolute Gasteiger partial charge is 0.270 e. The molecule has 1 N–H and O–H groups in total. The summed E-state index contributed by atoms with van der Waals surface area (Å²) in [4.78, 5) is 0. The van der Waals surface area contributed by atoms with Gasteiger partial charge in [0.05, 0.1) is 11.9 Å². The van der Waals surface area contributed by atoms with Crippen LogP contribution < -0.4 is 0 Å². The largest absolute Gasteiger partial charge is 0.396 e. The summed E-state index contributed by atoms with van der Waals surface area (Å²) in [5.41, 5.74) is 1.95. The molecule has 0 bridgehead atoms. The normalized spacial score (nSPS) is 11.8. The molecule has 0 radical (unpaired) electrons. The number of hydrogen-bond donors (Lipinski definition) is 1.